The molecule has 0 amide bonds. The highest BCUT2D eigenvalue weighted by Gasteiger charge is 2.18. The Morgan fingerprint density at radius 1 is 1.22 bits per heavy atom. The van der Waals surface area contributed by atoms with Gasteiger partial charge >= 0.3 is 0 Å². The van der Waals surface area contributed by atoms with Crippen LogP contribution in [0.2, 0.25) is 0 Å². The molecule has 5 rings (SSSR count). The first-order valence-corrected chi connectivity index (χ1v) is 12.4. The van der Waals surface area contributed by atoms with Crippen molar-refractivity contribution < 1.29 is 4.39 Å². The Morgan fingerprint density at radius 3 is 2.83 bits per heavy atom. The molecule has 36 heavy (non-hydrogen) atoms. The van der Waals surface area contributed by atoms with E-state index in [0.29, 0.717) is 23.4 Å². The number of imidazole rings is 1. The lowest BCUT2D eigenvalue weighted by molar-refractivity contribution is 0.216. The van der Waals surface area contributed by atoms with Crippen LogP contribution in [0.25, 0.3) is 15.7 Å². The van der Waals surface area contributed by atoms with Crippen LogP contribution in [0.3, 0.4) is 0 Å². The molecule has 0 spiro atoms. The number of likely N-dealkylation sites (N-methyl/N-ethyl adjacent to an activating group) is 1. The van der Waals surface area contributed by atoms with Crippen molar-refractivity contribution in [2.24, 2.45) is 10.7 Å². The van der Waals surface area contributed by atoms with E-state index < -0.39 is 0 Å². The largest absolute Gasteiger partial charge is 0.385 e. The number of aliphatic imine (C=N–C) groups is 1. The highest BCUT2D eigenvalue weighted by Crippen LogP contribution is 2.26. The Kier molecular flexibility index (Phi) is 6.57. The van der Waals surface area contributed by atoms with Gasteiger partial charge in [0.2, 0.25) is 5.95 Å². The molecule has 4 heterocycles. The van der Waals surface area contributed by atoms with Crippen molar-refractivity contribution in [3.05, 3.63) is 78.4 Å². The number of thiazole rings is 1. The number of nitrogens with zero attached hydrogens (tertiary/aromatic N) is 7. The van der Waals surface area contributed by atoms with E-state index in [2.05, 4.69) is 44.8 Å². The number of piperazine rings is 1. The van der Waals surface area contributed by atoms with E-state index in [-0.39, 0.29) is 5.82 Å². The Morgan fingerprint density at radius 2 is 2.03 bits per heavy atom. The van der Waals surface area contributed by atoms with Gasteiger partial charge in [-0.1, -0.05) is 6.58 Å². The van der Waals surface area contributed by atoms with Crippen LogP contribution in [0.1, 0.15) is 0 Å². The molecule has 1 aromatic carbocycles. The molecule has 1 fully saturated rings. The number of pyridine rings is 1. The summed E-state index contributed by atoms with van der Waals surface area (Å²) in [6.07, 6.45) is 4.79. The number of fused-ring (bicyclic) bond motifs is 2. The van der Waals surface area contributed by atoms with Gasteiger partial charge in [0.15, 0.2) is 0 Å². The minimum atomic E-state index is -0.360. The van der Waals surface area contributed by atoms with Crippen molar-refractivity contribution in [2.45, 2.75) is 0 Å². The van der Waals surface area contributed by atoms with E-state index >= 15 is 0 Å². The average molecular weight is 506 g/mol. The van der Waals surface area contributed by atoms with Crippen molar-refractivity contribution in [2.75, 3.05) is 50.5 Å². The summed E-state index contributed by atoms with van der Waals surface area (Å²) in [5.74, 6) is 1.67. The van der Waals surface area contributed by atoms with Crippen LogP contribution in [-0.4, -0.2) is 70.3 Å². The van der Waals surface area contributed by atoms with Crippen LogP contribution in [0.4, 0.5) is 16.0 Å². The summed E-state index contributed by atoms with van der Waals surface area (Å²) in [5, 5.41) is 3.08. The Hall–Kier alpha value is -3.96. The van der Waals surface area contributed by atoms with Gasteiger partial charge in [0.25, 0.3) is 0 Å². The minimum Gasteiger partial charge on any atom is -0.385 e. The van der Waals surface area contributed by atoms with Crippen LogP contribution >= 0.6 is 11.3 Å². The van der Waals surface area contributed by atoms with Crippen molar-refractivity contribution in [3.8, 4) is 0 Å². The number of rotatable bonds is 6. The number of hydrogen-bond donors (Lipinski definition) is 2. The highest BCUT2D eigenvalue weighted by molar-refractivity contribution is 7.16. The summed E-state index contributed by atoms with van der Waals surface area (Å²) in [4.78, 5) is 20.0. The lowest BCUT2D eigenvalue weighted by Crippen LogP contribution is -2.47. The van der Waals surface area contributed by atoms with Crippen LogP contribution in [0, 0.1) is 5.82 Å². The maximum absolute atomic E-state index is 13.8. The van der Waals surface area contributed by atoms with Crippen LogP contribution < -0.4 is 16.0 Å². The zero-order valence-electron chi connectivity index (χ0n) is 20.2. The number of halogens is 1. The molecule has 4 aromatic rings. The zero-order chi connectivity index (χ0) is 25.2. The molecule has 3 N–H and O–H groups in total. The summed E-state index contributed by atoms with van der Waals surface area (Å²) in [7, 11) is 4.04. The standard InChI is InChI=1S/C25H28FN9S/c1-17(33(3)19-6-7-21-22(12-19)36-16-29-21)30-24(34-10-8-32(2)9-11-34)13-23(27)31-25-28-14-20-5-4-18(26)15-35(20)25/h4-7,12-16H,1,8-11,27H2,2-3H3,(H,28,31)/b23-13+,30-24+. The summed E-state index contributed by atoms with van der Waals surface area (Å²) in [6, 6.07) is 9.14. The number of anilines is 2. The molecule has 0 aliphatic carbocycles. The highest BCUT2D eigenvalue weighted by atomic mass is 32.1. The molecule has 1 aliphatic heterocycles. The fourth-order valence-corrected chi connectivity index (χ4v) is 4.71. The summed E-state index contributed by atoms with van der Waals surface area (Å²) >= 11 is 1.60. The monoisotopic (exact) mass is 505 g/mol. The number of nitrogens with two attached hydrogens (primary N) is 1. The second kappa shape index (κ2) is 9.96. The van der Waals surface area contributed by atoms with Crippen molar-refractivity contribution >= 4 is 44.5 Å². The maximum atomic E-state index is 13.8. The summed E-state index contributed by atoms with van der Waals surface area (Å²) < 4.78 is 16.5. The molecule has 1 saturated heterocycles. The van der Waals surface area contributed by atoms with Crippen molar-refractivity contribution in [3.63, 3.8) is 0 Å². The molecule has 0 bridgehead atoms. The van der Waals surface area contributed by atoms with E-state index in [4.69, 9.17) is 10.7 Å². The SMILES string of the molecule is C=C(/N=C(\C=C(/N)Nc1ncc2ccc(F)cn12)N1CCN(C)CC1)N(C)c1ccc2ncsc2c1. The third-order valence-corrected chi connectivity index (χ3v) is 6.98. The first-order chi connectivity index (χ1) is 17.4. The van der Waals surface area contributed by atoms with Gasteiger partial charge in [0, 0.05) is 51.2 Å². The average Bonchev–Trinajstić information content (AvgIpc) is 3.50. The molecule has 9 nitrogen and oxygen atoms in total. The lowest BCUT2D eigenvalue weighted by Gasteiger charge is -2.34. The summed E-state index contributed by atoms with van der Waals surface area (Å²) in [6.45, 7) is 7.66. The van der Waals surface area contributed by atoms with Gasteiger partial charge in [-0.05, 0) is 37.4 Å². The molecular formula is C25H28FN9S. The van der Waals surface area contributed by atoms with Crippen LogP contribution in [0.15, 0.2) is 77.5 Å². The predicted octanol–water partition coefficient (Wildman–Crippen LogP) is 3.55. The molecule has 11 heteroatoms. The van der Waals surface area contributed by atoms with E-state index in [0.717, 1.165) is 47.6 Å². The van der Waals surface area contributed by atoms with E-state index in [9.17, 15) is 4.39 Å². The van der Waals surface area contributed by atoms with Gasteiger partial charge in [-0.2, -0.15) is 0 Å². The van der Waals surface area contributed by atoms with Gasteiger partial charge in [-0.15, -0.1) is 11.3 Å². The normalized spacial score (nSPS) is 15.6. The lowest BCUT2D eigenvalue weighted by atomic mass is 10.3. The van der Waals surface area contributed by atoms with E-state index in [1.165, 1.54) is 12.3 Å². The molecule has 0 radical (unpaired) electrons. The molecule has 1 aliphatic rings. The number of aromatic nitrogens is 3. The number of hydrogen-bond acceptors (Lipinski definition) is 8. The molecule has 186 valence electrons. The molecular weight excluding hydrogens is 477 g/mol. The predicted molar refractivity (Wildman–Crippen MR) is 145 cm³/mol. The number of nitrogens with one attached hydrogen (secondary N) is 1. The van der Waals surface area contributed by atoms with E-state index in [1.807, 2.05) is 29.6 Å². The second-order valence-electron chi connectivity index (χ2n) is 8.69. The molecule has 0 saturated carbocycles. The third kappa shape index (κ3) is 5.02. The van der Waals surface area contributed by atoms with Gasteiger partial charge in [-0.25, -0.2) is 19.4 Å². The first-order valence-electron chi connectivity index (χ1n) is 11.5. The van der Waals surface area contributed by atoms with Gasteiger partial charge in [0.05, 0.1) is 27.4 Å². The van der Waals surface area contributed by atoms with Gasteiger partial charge < -0.3 is 25.8 Å². The van der Waals surface area contributed by atoms with Crippen LogP contribution in [0.5, 0.6) is 0 Å². The van der Waals surface area contributed by atoms with E-state index in [1.54, 1.807) is 34.1 Å². The Bertz CT molecular complexity index is 1460. The molecule has 0 unspecified atom stereocenters. The first kappa shape index (κ1) is 23.8. The maximum Gasteiger partial charge on any atom is 0.213 e. The number of benzene rings is 1. The molecule has 3 aromatic heterocycles. The zero-order valence-corrected chi connectivity index (χ0v) is 21.0. The van der Waals surface area contributed by atoms with Crippen molar-refractivity contribution in [1.82, 2.24) is 24.2 Å². The second-order valence-corrected chi connectivity index (χ2v) is 9.57. The number of amidine groups is 1. The Balaban J connectivity index is 1.42. The topological polar surface area (TPSA) is 90.3 Å². The quantitative estimate of drug-likeness (QED) is 0.306. The van der Waals surface area contributed by atoms with Crippen molar-refractivity contribution in [1.29, 1.82) is 0 Å². The van der Waals surface area contributed by atoms with Gasteiger partial charge in [-0.3, -0.25) is 4.40 Å². The minimum absolute atomic E-state index is 0.339. The molecule has 0 atom stereocenters. The summed E-state index contributed by atoms with van der Waals surface area (Å²) in [5.41, 5.74) is 10.9. The Labute approximate surface area is 212 Å². The smallest absolute Gasteiger partial charge is 0.213 e. The van der Waals surface area contributed by atoms with Crippen LogP contribution in [-0.2, 0) is 0 Å². The fraction of sp³-hybridized carbons (Fsp3) is 0.240. The third-order valence-electron chi connectivity index (χ3n) is 6.19. The fourth-order valence-electron chi connectivity index (χ4n) is 4.00. The van der Waals surface area contributed by atoms with Gasteiger partial charge in [0.1, 0.15) is 23.3 Å².